The zero-order valence-corrected chi connectivity index (χ0v) is 29.4. The molecule has 0 unspecified atom stereocenters. The molecule has 0 fully saturated rings. The number of aromatic nitrogens is 3. The summed E-state index contributed by atoms with van der Waals surface area (Å²) in [6, 6.07) is 72.2. The minimum absolute atomic E-state index is 1.09. The van der Waals surface area contributed by atoms with Gasteiger partial charge in [0, 0.05) is 67.3 Å². The van der Waals surface area contributed by atoms with Crippen LogP contribution in [0.5, 0.6) is 0 Å². The summed E-state index contributed by atoms with van der Waals surface area (Å²) in [4.78, 5) is 2.36. The van der Waals surface area contributed by atoms with Gasteiger partial charge in [0.2, 0.25) is 0 Å². The van der Waals surface area contributed by atoms with Gasteiger partial charge in [0.05, 0.1) is 27.6 Å². The standard InChI is InChI=1S/C50H34N4/c1-4-14-36(15-5-1)51-31-30-35-32-44-42-20-10-13-23-47(42)54(50(44)34-49(35)51)40-26-24-39(25-27-40)52(37-16-6-2-7-17-37)41-28-29-48-45(33-41)43-21-11-12-22-46(43)53(48)38-18-8-3-9-19-38/h1-34H. The van der Waals surface area contributed by atoms with Crippen molar-refractivity contribution in [3.05, 3.63) is 206 Å². The third kappa shape index (κ3) is 4.70. The van der Waals surface area contributed by atoms with Gasteiger partial charge in [-0.25, -0.2) is 0 Å². The lowest BCUT2D eigenvalue weighted by atomic mass is 10.1. The Labute approximate surface area is 312 Å². The Kier molecular flexibility index (Phi) is 6.82. The Hall–Kier alpha value is -7.30. The number of fused-ring (bicyclic) bond motifs is 7. The van der Waals surface area contributed by atoms with Crippen LogP contribution in [0.25, 0.3) is 71.6 Å². The predicted molar refractivity (Wildman–Crippen MR) is 227 cm³/mol. The van der Waals surface area contributed by atoms with Crippen LogP contribution in [0, 0.1) is 0 Å². The third-order valence-electron chi connectivity index (χ3n) is 10.8. The highest BCUT2D eigenvalue weighted by molar-refractivity contribution is 6.14. The van der Waals surface area contributed by atoms with Crippen LogP contribution in [0.4, 0.5) is 17.1 Å². The van der Waals surface area contributed by atoms with Crippen molar-refractivity contribution >= 4 is 71.6 Å². The monoisotopic (exact) mass is 690 g/mol. The topological polar surface area (TPSA) is 18.0 Å². The lowest BCUT2D eigenvalue weighted by Gasteiger charge is -2.26. The first-order valence-corrected chi connectivity index (χ1v) is 18.4. The predicted octanol–water partition coefficient (Wildman–Crippen LogP) is 13.3. The molecule has 0 aliphatic rings. The van der Waals surface area contributed by atoms with Gasteiger partial charge in [0.15, 0.2) is 0 Å². The average Bonchev–Trinajstić information content (AvgIpc) is 3.91. The first-order valence-electron chi connectivity index (χ1n) is 18.4. The summed E-state index contributed by atoms with van der Waals surface area (Å²) >= 11 is 0. The molecular weight excluding hydrogens is 657 g/mol. The van der Waals surface area contributed by atoms with E-state index in [-0.39, 0.29) is 0 Å². The Morgan fingerprint density at radius 3 is 1.48 bits per heavy atom. The van der Waals surface area contributed by atoms with Gasteiger partial charge in [-0.15, -0.1) is 0 Å². The van der Waals surface area contributed by atoms with E-state index in [4.69, 9.17) is 0 Å². The fourth-order valence-electron chi connectivity index (χ4n) is 8.42. The molecule has 0 saturated heterocycles. The average molecular weight is 691 g/mol. The zero-order valence-electron chi connectivity index (χ0n) is 29.4. The molecule has 0 aliphatic carbocycles. The van der Waals surface area contributed by atoms with Crippen LogP contribution >= 0.6 is 0 Å². The molecule has 3 heterocycles. The van der Waals surface area contributed by atoms with Crippen molar-refractivity contribution in [1.29, 1.82) is 0 Å². The first kappa shape index (κ1) is 30.3. The van der Waals surface area contributed by atoms with Gasteiger partial charge >= 0.3 is 0 Å². The van der Waals surface area contributed by atoms with Gasteiger partial charge in [-0.1, -0.05) is 91.0 Å². The molecule has 0 atom stereocenters. The molecule has 4 nitrogen and oxygen atoms in total. The van der Waals surface area contributed by atoms with Gasteiger partial charge in [-0.3, -0.25) is 0 Å². The number of benzene rings is 8. The summed E-state index contributed by atoms with van der Waals surface area (Å²) < 4.78 is 7.06. The van der Waals surface area contributed by atoms with E-state index in [1.165, 1.54) is 54.5 Å². The van der Waals surface area contributed by atoms with E-state index < -0.39 is 0 Å². The van der Waals surface area contributed by atoms with Gasteiger partial charge in [0.1, 0.15) is 0 Å². The number of hydrogen-bond donors (Lipinski definition) is 0. The maximum Gasteiger partial charge on any atom is 0.0562 e. The molecule has 0 radical (unpaired) electrons. The van der Waals surface area contributed by atoms with Gasteiger partial charge in [-0.05, 0) is 109 Å². The molecule has 54 heavy (non-hydrogen) atoms. The van der Waals surface area contributed by atoms with E-state index in [1.54, 1.807) is 0 Å². The maximum absolute atomic E-state index is 2.41. The summed E-state index contributed by atoms with van der Waals surface area (Å²) in [6.07, 6.45) is 2.18. The zero-order chi connectivity index (χ0) is 35.6. The largest absolute Gasteiger partial charge is 0.316 e. The Morgan fingerprint density at radius 1 is 0.296 bits per heavy atom. The Morgan fingerprint density at radius 2 is 0.796 bits per heavy atom. The second-order valence-electron chi connectivity index (χ2n) is 13.9. The van der Waals surface area contributed by atoms with E-state index in [0.717, 1.165) is 34.1 Å². The van der Waals surface area contributed by atoms with E-state index in [9.17, 15) is 0 Å². The molecule has 254 valence electrons. The highest BCUT2D eigenvalue weighted by Crippen LogP contribution is 2.41. The molecule has 11 rings (SSSR count). The third-order valence-corrected chi connectivity index (χ3v) is 10.8. The van der Waals surface area contributed by atoms with Crippen LogP contribution in [0.2, 0.25) is 0 Å². The van der Waals surface area contributed by atoms with Crippen LogP contribution in [0.15, 0.2) is 206 Å². The minimum Gasteiger partial charge on any atom is -0.316 e. The molecule has 3 aromatic heterocycles. The van der Waals surface area contributed by atoms with Gasteiger partial charge < -0.3 is 18.6 Å². The van der Waals surface area contributed by atoms with Crippen LogP contribution in [0.3, 0.4) is 0 Å². The second kappa shape index (κ2) is 12.1. The Bertz CT molecular complexity index is 3130. The van der Waals surface area contributed by atoms with E-state index in [2.05, 4.69) is 225 Å². The summed E-state index contributed by atoms with van der Waals surface area (Å²) in [5.74, 6) is 0. The molecule has 0 aliphatic heterocycles. The van der Waals surface area contributed by atoms with Crippen molar-refractivity contribution < 1.29 is 0 Å². The van der Waals surface area contributed by atoms with Crippen molar-refractivity contribution in [1.82, 2.24) is 13.7 Å². The molecule has 11 aromatic rings. The lowest BCUT2D eigenvalue weighted by molar-refractivity contribution is 1.12. The molecule has 4 heteroatoms. The summed E-state index contributed by atoms with van der Waals surface area (Å²) in [7, 11) is 0. The first-order chi connectivity index (χ1) is 26.8. The molecule has 8 aromatic carbocycles. The molecule has 0 spiro atoms. The van der Waals surface area contributed by atoms with Crippen molar-refractivity contribution in [3.63, 3.8) is 0 Å². The minimum atomic E-state index is 1.09. The van der Waals surface area contributed by atoms with Crippen molar-refractivity contribution in [2.75, 3.05) is 4.90 Å². The van der Waals surface area contributed by atoms with Crippen LogP contribution < -0.4 is 4.90 Å². The number of rotatable bonds is 6. The number of para-hydroxylation sites is 5. The number of anilines is 3. The van der Waals surface area contributed by atoms with E-state index in [0.29, 0.717) is 0 Å². The quantitative estimate of drug-likeness (QED) is 0.170. The SMILES string of the molecule is c1ccc(N(c2ccc(-n3c4ccccc4c4cc5ccn(-c6ccccc6)c5cc43)cc2)c2ccc3c(c2)c2ccccc2n3-c2ccccc2)cc1. The molecule has 0 N–H and O–H groups in total. The number of nitrogens with zero attached hydrogens (tertiary/aromatic N) is 4. The van der Waals surface area contributed by atoms with Crippen LogP contribution in [-0.4, -0.2) is 13.7 Å². The molecule has 0 bridgehead atoms. The Balaban J connectivity index is 1.07. The highest BCUT2D eigenvalue weighted by Gasteiger charge is 2.19. The second-order valence-corrected chi connectivity index (χ2v) is 13.9. The van der Waals surface area contributed by atoms with Crippen molar-refractivity contribution in [2.24, 2.45) is 0 Å². The molecular formula is C50H34N4. The molecule has 0 amide bonds. The van der Waals surface area contributed by atoms with Crippen molar-refractivity contribution in [3.8, 4) is 17.1 Å². The van der Waals surface area contributed by atoms with E-state index >= 15 is 0 Å². The maximum atomic E-state index is 2.41. The van der Waals surface area contributed by atoms with E-state index in [1.807, 2.05) is 0 Å². The van der Waals surface area contributed by atoms with Gasteiger partial charge in [-0.2, -0.15) is 0 Å². The molecule has 0 saturated carbocycles. The normalized spacial score (nSPS) is 11.7. The van der Waals surface area contributed by atoms with Gasteiger partial charge in [0.25, 0.3) is 0 Å². The highest BCUT2D eigenvalue weighted by atomic mass is 15.1. The lowest BCUT2D eigenvalue weighted by Crippen LogP contribution is -2.10. The summed E-state index contributed by atoms with van der Waals surface area (Å²) in [5, 5.41) is 6.19. The van der Waals surface area contributed by atoms with Crippen molar-refractivity contribution in [2.45, 2.75) is 0 Å². The summed E-state index contributed by atoms with van der Waals surface area (Å²) in [5.41, 5.74) is 12.7. The van der Waals surface area contributed by atoms with Crippen LogP contribution in [-0.2, 0) is 0 Å². The number of hydrogen-bond acceptors (Lipinski definition) is 1. The van der Waals surface area contributed by atoms with Crippen LogP contribution in [0.1, 0.15) is 0 Å². The smallest absolute Gasteiger partial charge is 0.0562 e. The fraction of sp³-hybridized carbons (Fsp3) is 0. The summed E-state index contributed by atoms with van der Waals surface area (Å²) in [6.45, 7) is 0. The fourth-order valence-corrected chi connectivity index (χ4v) is 8.42.